The third-order valence-corrected chi connectivity index (χ3v) is 2.50. The molecule has 0 heterocycles. The van der Waals surface area contributed by atoms with Crippen LogP contribution in [0.3, 0.4) is 0 Å². The topological polar surface area (TPSA) is 9.23 Å². The fourth-order valence-electron chi connectivity index (χ4n) is 1.82. The Balaban J connectivity index is 2.13. The SMILES string of the molecule is COC=CCC1=CCc2ccccc21. The number of methoxy groups -OCH3 is 1. The van der Waals surface area contributed by atoms with Crippen LogP contribution < -0.4 is 0 Å². The lowest BCUT2D eigenvalue weighted by molar-refractivity contribution is 0.337. The van der Waals surface area contributed by atoms with Crippen LogP contribution in [0, 0.1) is 0 Å². The predicted molar refractivity (Wildman–Crippen MR) is 58.9 cm³/mol. The Morgan fingerprint density at radius 2 is 2.21 bits per heavy atom. The van der Waals surface area contributed by atoms with Crippen molar-refractivity contribution in [3.05, 3.63) is 53.8 Å². The van der Waals surface area contributed by atoms with E-state index in [0.717, 1.165) is 12.8 Å². The van der Waals surface area contributed by atoms with Gasteiger partial charge in [0.2, 0.25) is 0 Å². The summed E-state index contributed by atoms with van der Waals surface area (Å²) in [6, 6.07) is 8.58. The van der Waals surface area contributed by atoms with Crippen LogP contribution >= 0.6 is 0 Å². The second-order valence-electron chi connectivity index (χ2n) is 3.40. The molecule has 1 aromatic carbocycles. The minimum atomic E-state index is 0.963. The minimum absolute atomic E-state index is 0.963. The van der Waals surface area contributed by atoms with Crippen molar-refractivity contribution in [1.82, 2.24) is 0 Å². The van der Waals surface area contributed by atoms with Gasteiger partial charge in [0.15, 0.2) is 0 Å². The van der Waals surface area contributed by atoms with E-state index in [1.165, 1.54) is 16.7 Å². The summed E-state index contributed by atoms with van der Waals surface area (Å²) in [4.78, 5) is 0. The first kappa shape index (κ1) is 9.07. The van der Waals surface area contributed by atoms with E-state index in [-0.39, 0.29) is 0 Å². The zero-order chi connectivity index (χ0) is 9.80. The number of rotatable bonds is 3. The van der Waals surface area contributed by atoms with E-state index in [2.05, 4.69) is 30.3 Å². The molecule has 1 aromatic rings. The summed E-state index contributed by atoms with van der Waals surface area (Å²) in [5, 5.41) is 0. The Morgan fingerprint density at radius 3 is 3.07 bits per heavy atom. The summed E-state index contributed by atoms with van der Waals surface area (Å²) in [6.45, 7) is 0. The highest BCUT2D eigenvalue weighted by atomic mass is 16.5. The average Bonchev–Trinajstić information content (AvgIpc) is 2.63. The molecule has 1 nitrogen and oxygen atoms in total. The average molecular weight is 186 g/mol. The van der Waals surface area contributed by atoms with Crippen molar-refractivity contribution in [1.29, 1.82) is 0 Å². The van der Waals surface area contributed by atoms with Crippen LogP contribution in [0.2, 0.25) is 0 Å². The molecule has 0 unspecified atom stereocenters. The number of benzene rings is 1. The molecule has 0 aliphatic heterocycles. The zero-order valence-corrected chi connectivity index (χ0v) is 8.36. The number of fused-ring (bicyclic) bond motifs is 1. The molecule has 1 aliphatic rings. The molecule has 0 N–H and O–H groups in total. The molecule has 1 aliphatic carbocycles. The fraction of sp³-hybridized carbons (Fsp3) is 0.231. The number of hydrogen-bond donors (Lipinski definition) is 0. The van der Waals surface area contributed by atoms with E-state index >= 15 is 0 Å². The third-order valence-electron chi connectivity index (χ3n) is 2.50. The van der Waals surface area contributed by atoms with Crippen molar-refractivity contribution in [2.45, 2.75) is 12.8 Å². The molecule has 0 atom stereocenters. The first-order chi connectivity index (χ1) is 6.92. The van der Waals surface area contributed by atoms with Crippen LogP contribution in [0.15, 0.2) is 42.7 Å². The van der Waals surface area contributed by atoms with Gasteiger partial charge in [0.05, 0.1) is 13.4 Å². The summed E-state index contributed by atoms with van der Waals surface area (Å²) in [7, 11) is 1.67. The van der Waals surface area contributed by atoms with Gasteiger partial charge in [-0.25, -0.2) is 0 Å². The molecule has 72 valence electrons. The lowest BCUT2D eigenvalue weighted by Gasteiger charge is -2.01. The molecule has 0 saturated heterocycles. The molecule has 14 heavy (non-hydrogen) atoms. The van der Waals surface area contributed by atoms with E-state index in [9.17, 15) is 0 Å². The van der Waals surface area contributed by atoms with Crippen molar-refractivity contribution in [2.24, 2.45) is 0 Å². The van der Waals surface area contributed by atoms with Crippen molar-refractivity contribution in [3.63, 3.8) is 0 Å². The van der Waals surface area contributed by atoms with Gasteiger partial charge in [-0.3, -0.25) is 0 Å². The quantitative estimate of drug-likeness (QED) is 0.659. The van der Waals surface area contributed by atoms with Crippen molar-refractivity contribution >= 4 is 5.57 Å². The summed E-state index contributed by atoms with van der Waals surface area (Å²) in [6.07, 6.45) is 8.12. The molecule has 1 heteroatoms. The maximum Gasteiger partial charge on any atom is 0.0788 e. The molecule has 0 saturated carbocycles. The highest BCUT2D eigenvalue weighted by Crippen LogP contribution is 2.29. The van der Waals surface area contributed by atoms with E-state index in [4.69, 9.17) is 4.74 Å². The van der Waals surface area contributed by atoms with Gasteiger partial charge in [0, 0.05) is 0 Å². The molecule has 0 aromatic heterocycles. The van der Waals surface area contributed by atoms with Crippen LogP contribution in [0.4, 0.5) is 0 Å². The maximum atomic E-state index is 4.88. The van der Waals surface area contributed by atoms with Crippen LogP contribution in [-0.4, -0.2) is 7.11 Å². The minimum Gasteiger partial charge on any atom is -0.505 e. The highest BCUT2D eigenvalue weighted by molar-refractivity contribution is 5.73. The molecule has 0 radical (unpaired) electrons. The molecule has 0 amide bonds. The molecule has 0 fully saturated rings. The monoisotopic (exact) mass is 186 g/mol. The van der Waals surface area contributed by atoms with E-state index in [1.54, 1.807) is 13.4 Å². The Labute approximate surface area is 84.7 Å². The van der Waals surface area contributed by atoms with Gasteiger partial charge < -0.3 is 4.74 Å². The summed E-state index contributed by atoms with van der Waals surface area (Å²) >= 11 is 0. The standard InChI is InChI=1S/C13H14O/c1-14-10-4-6-12-9-8-11-5-2-3-7-13(11)12/h2-5,7,9-10H,6,8H2,1H3. The van der Waals surface area contributed by atoms with Gasteiger partial charge in [-0.15, -0.1) is 0 Å². The van der Waals surface area contributed by atoms with Gasteiger partial charge in [-0.1, -0.05) is 30.3 Å². The van der Waals surface area contributed by atoms with Gasteiger partial charge in [-0.05, 0) is 35.6 Å². The highest BCUT2D eigenvalue weighted by Gasteiger charge is 2.10. The summed E-state index contributed by atoms with van der Waals surface area (Å²) < 4.78 is 4.88. The van der Waals surface area contributed by atoms with E-state index in [1.807, 2.05) is 6.08 Å². The Kier molecular flexibility index (Phi) is 2.68. The van der Waals surface area contributed by atoms with Gasteiger partial charge in [0.1, 0.15) is 0 Å². The lowest BCUT2D eigenvalue weighted by atomic mass is 10.0. The Hall–Kier alpha value is -1.50. The predicted octanol–water partition coefficient (Wildman–Crippen LogP) is 3.18. The fourth-order valence-corrected chi connectivity index (χ4v) is 1.82. The summed E-state index contributed by atoms with van der Waals surface area (Å²) in [5.74, 6) is 0. The van der Waals surface area contributed by atoms with Crippen molar-refractivity contribution in [2.75, 3.05) is 7.11 Å². The van der Waals surface area contributed by atoms with Crippen molar-refractivity contribution in [3.8, 4) is 0 Å². The molecule has 2 rings (SSSR count). The number of allylic oxidation sites excluding steroid dienone is 3. The number of hydrogen-bond acceptors (Lipinski definition) is 1. The summed E-state index contributed by atoms with van der Waals surface area (Å²) in [5.41, 5.74) is 4.25. The van der Waals surface area contributed by atoms with Crippen LogP contribution in [-0.2, 0) is 11.2 Å². The maximum absolute atomic E-state index is 4.88. The first-order valence-electron chi connectivity index (χ1n) is 4.87. The van der Waals surface area contributed by atoms with Crippen LogP contribution in [0.5, 0.6) is 0 Å². The zero-order valence-electron chi connectivity index (χ0n) is 8.36. The molecule has 0 bridgehead atoms. The van der Waals surface area contributed by atoms with Crippen molar-refractivity contribution < 1.29 is 4.74 Å². The van der Waals surface area contributed by atoms with Gasteiger partial charge >= 0.3 is 0 Å². The molecular weight excluding hydrogens is 172 g/mol. The molecular formula is C13H14O. The normalized spacial score (nSPS) is 14.2. The van der Waals surface area contributed by atoms with E-state index < -0.39 is 0 Å². The van der Waals surface area contributed by atoms with E-state index in [0.29, 0.717) is 0 Å². The third kappa shape index (κ3) is 1.72. The van der Waals surface area contributed by atoms with Crippen LogP contribution in [0.25, 0.3) is 5.57 Å². The largest absolute Gasteiger partial charge is 0.505 e. The Bertz CT molecular complexity index is 375. The lowest BCUT2D eigenvalue weighted by Crippen LogP contribution is -1.82. The second kappa shape index (κ2) is 4.14. The second-order valence-corrected chi connectivity index (χ2v) is 3.40. The number of ether oxygens (including phenoxy) is 1. The van der Waals surface area contributed by atoms with Gasteiger partial charge in [-0.2, -0.15) is 0 Å². The molecule has 0 spiro atoms. The first-order valence-corrected chi connectivity index (χ1v) is 4.87. The Morgan fingerprint density at radius 1 is 1.36 bits per heavy atom. The smallest absolute Gasteiger partial charge is 0.0788 e. The van der Waals surface area contributed by atoms with Crippen LogP contribution in [0.1, 0.15) is 17.5 Å². The van der Waals surface area contributed by atoms with Gasteiger partial charge in [0.25, 0.3) is 0 Å².